The van der Waals surface area contributed by atoms with Gasteiger partial charge in [0, 0.05) is 5.57 Å². The second-order valence-corrected chi connectivity index (χ2v) is 12.9. The lowest BCUT2D eigenvalue weighted by molar-refractivity contribution is -0.139. The van der Waals surface area contributed by atoms with Crippen LogP contribution in [0.3, 0.4) is 0 Å². The molecule has 3 N–H and O–H groups in total. The first-order valence-corrected chi connectivity index (χ1v) is 17.5. The largest absolute Gasteiger partial charge is 0.455 e. The maximum Gasteiger partial charge on any atom is 0.334 e. The molecule has 1 unspecified atom stereocenters. The molecule has 0 spiro atoms. The Kier molecular flexibility index (Phi) is 20.0. The third-order valence-electron chi connectivity index (χ3n) is 9.06. The van der Waals surface area contributed by atoms with Crippen molar-refractivity contribution in [1.29, 1.82) is 0 Å². The number of unbranched alkanes of at least 4 members (excludes halogenated alkanes) is 14. The van der Waals surface area contributed by atoms with Crippen molar-refractivity contribution in [3.63, 3.8) is 0 Å². The Morgan fingerprint density at radius 2 is 1.12 bits per heavy atom. The topological polar surface area (TPSA) is 96.2 Å². The normalized spacial score (nSPS) is 23.0. The van der Waals surface area contributed by atoms with Crippen LogP contribution in [0.4, 0.5) is 0 Å². The molecular formula is C35H64O6. The zero-order valence-corrected chi connectivity index (χ0v) is 26.6. The summed E-state index contributed by atoms with van der Waals surface area (Å²) in [5, 5.41) is 31.5. The molecule has 1 saturated heterocycles. The third kappa shape index (κ3) is 16.5. The van der Waals surface area contributed by atoms with Crippen LogP contribution in [0.15, 0.2) is 11.6 Å². The quantitative estimate of drug-likeness (QED) is 0.0707. The summed E-state index contributed by atoms with van der Waals surface area (Å²) in [4.78, 5) is 11.6. The standard InChI is InChI=1S/C35H64O6/c1-3-4-5-6-7-8-9-10-11-18-23-31(37)33-25-26-34(41-33)32(38)24-19-14-17-22-30(36)21-16-13-12-15-20-29-27-28(2)40-35(29)39/h27-28,30-34,36-38H,3-26H2,1-2H3/t28-,30?,31+,32+,33+,34+/m0/s1. The van der Waals surface area contributed by atoms with Gasteiger partial charge in [-0.1, -0.05) is 110 Å². The monoisotopic (exact) mass is 580 g/mol. The van der Waals surface area contributed by atoms with Crippen molar-refractivity contribution in [2.24, 2.45) is 0 Å². The number of aliphatic hydroxyl groups excluding tert-OH is 3. The second kappa shape index (κ2) is 22.6. The fraction of sp³-hybridized carbons (Fsp3) is 0.914. The molecule has 6 atom stereocenters. The van der Waals surface area contributed by atoms with E-state index in [1.807, 2.05) is 13.0 Å². The number of hydrogen-bond acceptors (Lipinski definition) is 6. The Morgan fingerprint density at radius 1 is 0.683 bits per heavy atom. The van der Waals surface area contributed by atoms with E-state index in [-0.39, 0.29) is 30.4 Å². The minimum Gasteiger partial charge on any atom is -0.455 e. The number of carbonyl (C=O) groups is 1. The van der Waals surface area contributed by atoms with Gasteiger partial charge in [-0.3, -0.25) is 0 Å². The molecule has 6 nitrogen and oxygen atoms in total. The van der Waals surface area contributed by atoms with Gasteiger partial charge in [-0.2, -0.15) is 0 Å². The van der Waals surface area contributed by atoms with Crippen molar-refractivity contribution < 1.29 is 29.6 Å². The average Bonchev–Trinajstić information content (AvgIpc) is 3.57. The first kappa shape index (κ1) is 36.2. The fourth-order valence-electron chi connectivity index (χ4n) is 6.39. The van der Waals surface area contributed by atoms with Gasteiger partial charge in [-0.05, 0) is 64.4 Å². The van der Waals surface area contributed by atoms with Crippen molar-refractivity contribution in [3.8, 4) is 0 Å². The number of rotatable bonds is 26. The maximum absolute atomic E-state index is 11.6. The molecule has 0 saturated carbocycles. The summed E-state index contributed by atoms with van der Waals surface area (Å²) in [5.74, 6) is -0.158. The van der Waals surface area contributed by atoms with E-state index in [1.54, 1.807) is 0 Å². The number of carbonyl (C=O) groups excluding carboxylic acids is 1. The number of hydrogen-bond donors (Lipinski definition) is 3. The third-order valence-corrected chi connectivity index (χ3v) is 9.06. The fourth-order valence-corrected chi connectivity index (χ4v) is 6.39. The highest BCUT2D eigenvalue weighted by molar-refractivity contribution is 5.90. The zero-order valence-electron chi connectivity index (χ0n) is 26.6. The predicted octanol–water partition coefficient (Wildman–Crippen LogP) is 8.09. The molecule has 0 aliphatic carbocycles. The zero-order chi connectivity index (χ0) is 29.7. The van der Waals surface area contributed by atoms with Crippen molar-refractivity contribution in [2.75, 3.05) is 0 Å². The van der Waals surface area contributed by atoms with E-state index in [4.69, 9.17) is 9.47 Å². The Labute approximate surface area is 251 Å². The van der Waals surface area contributed by atoms with E-state index in [1.165, 1.54) is 57.8 Å². The highest BCUT2D eigenvalue weighted by atomic mass is 16.5. The lowest BCUT2D eigenvalue weighted by atomic mass is 9.99. The molecule has 2 heterocycles. The van der Waals surface area contributed by atoms with E-state index in [9.17, 15) is 20.1 Å². The van der Waals surface area contributed by atoms with Crippen LogP contribution in [0.1, 0.15) is 168 Å². The van der Waals surface area contributed by atoms with Crippen LogP contribution in [-0.2, 0) is 14.3 Å². The molecule has 0 bridgehead atoms. The molecule has 6 heteroatoms. The van der Waals surface area contributed by atoms with Crippen molar-refractivity contribution in [2.45, 2.75) is 205 Å². The van der Waals surface area contributed by atoms with Gasteiger partial charge in [0.25, 0.3) is 0 Å². The summed E-state index contributed by atoms with van der Waals surface area (Å²) in [7, 11) is 0. The Balaban J connectivity index is 1.39. The van der Waals surface area contributed by atoms with E-state index in [2.05, 4.69) is 6.92 Å². The van der Waals surface area contributed by atoms with Gasteiger partial charge >= 0.3 is 5.97 Å². The Hall–Kier alpha value is -0.950. The lowest BCUT2D eigenvalue weighted by Gasteiger charge is -2.22. The van der Waals surface area contributed by atoms with E-state index in [0.717, 1.165) is 102 Å². The number of aliphatic hydroxyl groups is 3. The van der Waals surface area contributed by atoms with Gasteiger partial charge < -0.3 is 24.8 Å². The molecule has 0 amide bonds. The molecular weight excluding hydrogens is 516 g/mol. The van der Waals surface area contributed by atoms with Crippen LogP contribution in [0, 0.1) is 0 Å². The molecule has 0 radical (unpaired) electrons. The molecule has 2 rings (SSSR count). The SMILES string of the molecule is CCCCCCCCCCCC[C@@H](O)[C@H]1CC[C@H]([C@H](O)CCCCCC(O)CCCCCCC2=C[C@H](C)OC2=O)O1. The molecule has 2 aliphatic heterocycles. The van der Waals surface area contributed by atoms with E-state index < -0.39 is 12.2 Å². The first-order valence-electron chi connectivity index (χ1n) is 17.5. The van der Waals surface area contributed by atoms with Gasteiger partial charge in [-0.15, -0.1) is 0 Å². The molecule has 0 aromatic heterocycles. The summed E-state index contributed by atoms with van der Waals surface area (Å²) in [6.07, 6.45) is 26.2. The molecule has 1 fully saturated rings. The summed E-state index contributed by atoms with van der Waals surface area (Å²) >= 11 is 0. The molecule has 0 aromatic carbocycles. The van der Waals surface area contributed by atoms with Crippen molar-refractivity contribution in [3.05, 3.63) is 11.6 Å². The molecule has 240 valence electrons. The van der Waals surface area contributed by atoms with Crippen LogP contribution in [-0.4, -0.2) is 57.9 Å². The van der Waals surface area contributed by atoms with Crippen LogP contribution >= 0.6 is 0 Å². The number of esters is 1. The predicted molar refractivity (Wildman–Crippen MR) is 167 cm³/mol. The Morgan fingerprint density at radius 3 is 1.61 bits per heavy atom. The maximum atomic E-state index is 11.6. The number of cyclic esters (lactones) is 1. The smallest absolute Gasteiger partial charge is 0.334 e. The summed E-state index contributed by atoms with van der Waals surface area (Å²) in [6, 6.07) is 0. The van der Waals surface area contributed by atoms with Crippen LogP contribution in [0.2, 0.25) is 0 Å². The van der Waals surface area contributed by atoms with Gasteiger partial charge in [-0.25, -0.2) is 4.79 Å². The van der Waals surface area contributed by atoms with Crippen molar-refractivity contribution in [1.82, 2.24) is 0 Å². The van der Waals surface area contributed by atoms with Gasteiger partial charge in [0.2, 0.25) is 0 Å². The number of ether oxygens (including phenoxy) is 2. The van der Waals surface area contributed by atoms with Gasteiger partial charge in [0.05, 0.1) is 30.5 Å². The van der Waals surface area contributed by atoms with Crippen LogP contribution in [0.5, 0.6) is 0 Å². The molecule has 0 aromatic rings. The van der Waals surface area contributed by atoms with Crippen molar-refractivity contribution >= 4 is 5.97 Å². The summed E-state index contributed by atoms with van der Waals surface area (Å²) in [6.45, 7) is 4.15. The van der Waals surface area contributed by atoms with Gasteiger partial charge in [0.1, 0.15) is 6.10 Å². The van der Waals surface area contributed by atoms with E-state index in [0.29, 0.717) is 0 Å². The minimum atomic E-state index is -0.459. The van der Waals surface area contributed by atoms with Crippen LogP contribution < -0.4 is 0 Å². The summed E-state index contributed by atoms with van der Waals surface area (Å²) < 4.78 is 11.2. The summed E-state index contributed by atoms with van der Waals surface area (Å²) in [5.41, 5.74) is 0.819. The first-order chi connectivity index (χ1) is 19.9. The Bertz CT molecular complexity index is 694. The second-order valence-electron chi connectivity index (χ2n) is 12.9. The van der Waals surface area contributed by atoms with E-state index >= 15 is 0 Å². The highest BCUT2D eigenvalue weighted by Gasteiger charge is 2.34. The molecule has 2 aliphatic rings. The van der Waals surface area contributed by atoms with Gasteiger partial charge in [0.15, 0.2) is 0 Å². The highest BCUT2D eigenvalue weighted by Crippen LogP contribution is 2.28. The van der Waals surface area contributed by atoms with Crippen LogP contribution in [0.25, 0.3) is 0 Å². The lowest BCUT2D eigenvalue weighted by Crippen LogP contribution is -2.31. The molecule has 41 heavy (non-hydrogen) atoms. The minimum absolute atomic E-state index is 0.0812. The average molecular weight is 581 g/mol.